The van der Waals surface area contributed by atoms with E-state index in [1.54, 1.807) is 48.5 Å². The fraction of sp³-hybridized carbons (Fsp3) is 0. The van der Waals surface area contributed by atoms with Crippen molar-refractivity contribution in [3.8, 4) is 23.6 Å². The molecule has 0 saturated heterocycles. The molecule has 0 aromatic heterocycles. The van der Waals surface area contributed by atoms with Gasteiger partial charge in [0.05, 0.1) is 30.3 Å². The average Bonchev–Trinajstić information content (AvgIpc) is 3.02. The van der Waals surface area contributed by atoms with Crippen molar-refractivity contribution in [2.24, 2.45) is 4.52 Å². The summed E-state index contributed by atoms with van der Waals surface area (Å²) in [7, 11) is -4.51. The summed E-state index contributed by atoms with van der Waals surface area (Å²) < 4.78 is 18.3. The van der Waals surface area contributed by atoms with E-state index in [1.165, 1.54) is 0 Å². The smallest absolute Gasteiger partial charge is 0.422 e. The van der Waals surface area contributed by atoms with Gasteiger partial charge in [0, 0.05) is 15.9 Å². The molecule has 0 amide bonds. The zero-order valence-corrected chi connectivity index (χ0v) is 22.6. The van der Waals surface area contributed by atoms with Crippen molar-refractivity contribution in [1.82, 2.24) is 0 Å². The van der Waals surface area contributed by atoms with Crippen LogP contribution >= 0.6 is 15.6 Å². The van der Waals surface area contributed by atoms with Crippen LogP contribution in [-0.4, -0.2) is 0 Å². The van der Waals surface area contributed by atoms with Crippen molar-refractivity contribution in [3.63, 3.8) is 0 Å². The van der Waals surface area contributed by atoms with E-state index in [-0.39, 0.29) is 0 Å². The Labute approximate surface area is 229 Å². The van der Waals surface area contributed by atoms with Gasteiger partial charge in [-0.1, -0.05) is 91.0 Å². The minimum Gasteiger partial charge on any atom is -0.422 e. The molecule has 5 aromatic carbocycles. The summed E-state index contributed by atoms with van der Waals surface area (Å²) in [6.07, 6.45) is 0. The van der Waals surface area contributed by atoms with E-state index < -0.39 is 15.6 Å². The maximum Gasteiger partial charge on any atom is 0.437 e. The van der Waals surface area contributed by atoms with Gasteiger partial charge in [0.15, 0.2) is 0 Å². The van der Waals surface area contributed by atoms with E-state index in [0.717, 1.165) is 15.9 Å². The average molecular weight is 544 g/mol. The summed E-state index contributed by atoms with van der Waals surface area (Å²) in [4.78, 5) is 0. The highest BCUT2D eigenvalue weighted by Gasteiger charge is 2.31. The van der Waals surface area contributed by atoms with Gasteiger partial charge >= 0.3 is 8.53 Å². The van der Waals surface area contributed by atoms with E-state index in [0.29, 0.717) is 22.6 Å². The lowest BCUT2D eigenvalue weighted by Gasteiger charge is -2.28. The fourth-order valence-electron chi connectivity index (χ4n) is 4.06. The highest BCUT2D eigenvalue weighted by molar-refractivity contribution is 7.90. The standard InChI is InChI=1S/C32H23N3O2P2/c33-24-26-16-20-28(21-17-26)36-38(37-29-22-18-27(25-34)19-23-29)35-39(30-10-4-1-5-11-30,31-12-6-2-7-13-31)32-14-8-3-9-15-32/h1-23H. The van der Waals surface area contributed by atoms with Crippen LogP contribution in [-0.2, 0) is 0 Å². The second-order valence-corrected chi connectivity index (χ2v) is 12.8. The van der Waals surface area contributed by atoms with E-state index in [9.17, 15) is 10.5 Å². The third-order valence-electron chi connectivity index (χ3n) is 5.93. The Balaban J connectivity index is 1.73. The minimum absolute atomic E-state index is 0.538. The van der Waals surface area contributed by atoms with Gasteiger partial charge in [-0.25, -0.2) is 0 Å². The highest BCUT2D eigenvalue weighted by atomic mass is 31.2. The van der Waals surface area contributed by atoms with E-state index in [1.807, 2.05) is 54.6 Å². The minimum atomic E-state index is -2.61. The van der Waals surface area contributed by atoms with Gasteiger partial charge in [-0.15, -0.1) is 0 Å². The first-order valence-corrected chi connectivity index (χ1v) is 15.0. The van der Waals surface area contributed by atoms with Crippen LogP contribution in [0.5, 0.6) is 11.5 Å². The third kappa shape index (κ3) is 5.93. The molecule has 0 heterocycles. The van der Waals surface area contributed by atoms with E-state index in [2.05, 4.69) is 48.5 Å². The molecule has 0 aliphatic carbocycles. The van der Waals surface area contributed by atoms with Gasteiger partial charge in [0.1, 0.15) is 11.5 Å². The molecule has 0 aliphatic rings. The van der Waals surface area contributed by atoms with Crippen molar-refractivity contribution in [2.45, 2.75) is 0 Å². The zero-order valence-electron chi connectivity index (χ0n) is 20.8. The lowest BCUT2D eigenvalue weighted by Crippen LogP contribution is -2.25. The summed E-state index contributed by atoms with van der Waals surface area (Å²) >= 11 is 0. The van der Waals surface area contributed by atoms with Gasteiger partial charge in [-0.3, -0.25) is 0 Å². The Bertz CT molecular complexity index is 1500. The molecule has 0 fully saturated rings. The number of benzene rings is 5. The molecule has 0 aliphatic heterocycles. The molecule has 0 radical (unpaired) electrons. The predicted molar refractivity (Wildman–Crippen MR) is 158 cm³/mol. The Morgan fingerprint density at radius 1 is 0.487 bits per heavy atom. The molecule has 188 valence electrons. The molecule has 0 atom stereocenters. The molecule has 7 heteroatoms. The molecule has 0 N–H and O–H groups in total. The van der Waals surface area contributed by atoms with Gasteiger partial charge < -0.3 is 9.05 Å². The van der Waals surface area contributed by atoms with Crippen molar-refractivity contribution >= 4 is 31.5 Å². The topological polar surface area (TPSA) is 78.4 Å². The quantitative estimate of drug-likeness (QED) is 0.193. The second kappa shape index (κ2) is 12.3. The van der Waals surface area contributed by atoms with Gasteiger partial charge in [0.25, 0.3) is 0 Å². The first kappa shape index (κ1) is 26.0. The lowest BCUT2D eigenvalue weighted by atomic mass is 10.2. The van der Waals surface area contributed by atoms with Crippen molar-refractivity contribution in [2.75, 3.05) is 0 Å². The number of nitrogens with zero attached hydrogens (tertiary/aromatic N) is 3. The molecule has 5 rings (SSSR count). The Kier molecular flexibility index (Phi) is 8.16. The first-order valence-electron chi connectivity index (χ1n) is 12.2. The van der Waals surface area contributed by atoms with Crippen molar-refractivity contribution < 1.29 is 9.05 Å². The Hall–Kier alpha value is -4.66. The number of hydrogen-bond acceptors (Lipinski definition) is 5. The number of hydrogen-bond donors (Lipinski definition) is 0. The normalized spacial score (nSPS) is 10.7. The van der Waals surface area contributed by atoms with Crippen LogP contribution in [0.15, 0.2) is 144 Å². The van der Waals surface area contributed by atoms with Crippen LogP contribution in [0.2, 0.25) is 0 Å². The summed E-state index contributed by atoms with van der Waals surface area (Å²) in [6.45, 7) is 0. The molecule has 5 aromatic rings. The molecule has 0 unspecified atom stereocenters. The lowest BCUT2D eigenvalue weighted by molar-refractivity contribution is 0.492. The largest absolute Gasteiger partial charge is 0.437 e. The predicted octanol–water partition coefficient (Wildman–Crippen LogP) is 7.29. The molecule has 5 nitrogen and oxygen atoms in total. The fourth-order valence-corrected chi connectivity index (χ4v) is 9.81. The van der Waals surface area contributed by atoms with E-state index >= 15 is 0 Å². The van der Waals surface area contributed by atoms with Gasteiger partial charge in [0.2, 0.25) is 0 Å². The Morgan fingerprint density at radius 3 is 1.13 bits per heavy atom. The molecule has 0 saturated carbocycles. The zero-order chi connectivity index (χ0) is 26.9. The van der Waals surface area contributed by atoms with Crippen LogP contribution in [0, 0.1) is 22.7 Å². The molecule has 0 spiro atoms. The van der Waals surface area contributed by atoms with E-state index in [4.69, 9.17) is 13.6 Å². The summed E-state index contributed by atoms with van der Waals surface area (Å²) in [5.41, 5.74) is 1.08. The monoisotopic (exact) mass is 543 g/mol. The summed E-state index contributed by atoms with van der Waals surface area (Å²) in [6, 6.07) is 48.9. The first-order chi connectivity index (χ1) is 19.2. The van der Waals surface area contributed by atoms with Gasteiger partial charge in [-0.2, -0.15) is 15.0 Å². The second-order valence-electron chi connectivity index (χ2n) is 8.42. The maximum atomic E-state index is 9.23. The van der Waals surface area contributed by atoms with Crippen LogP contribution < -0.4 is 25.0 Å². The van der Waals surface area contributed by atoms with Crippen molar-refractivity contribution in [3.05, 3.63) is 151 Å². The maximum absolute atomic E-state index is 9.23. The van der Waals surface area contributed by atoms with Crippen LogP contribution in [0.4, 0.5) is 0 Å². The van der Waals surface area contributed by atoms with Crippen molar-refractivity contribution in [1.29, 1.82) is 10.5 Å². The highest BCUT2D eigenvalue weighted by Crippen LogP contribution is 2.56. The third-order valence-corrected chi connectivity index (χ3v) is 11.5. The Morgan fingerprint density at radius 2 is 0.821 bits per heavy atom. The summed E-state index contributed by atoms with van der Waals surface area (Å²) in [5.74, 6) is 1.09. The SMILES string of the molecule is N#Cc1ccc(OP(N=P(c2ccccc2)(c2ccccc2)c2ccccc2)Oc2ccc(C#N)cc2)cc1. The molecular formula is C32H23N3O2P2. The van der Waals surface area contributed by atoms with Crippen LogP contribution in [0.1, 0.15) is 11.1 Å². The number of nitriles is 2. The number of rotatable bonds is 8. The summed E-state index contributed by atoms with van der Waals surface area (Å²) in [5, 5.41) is 21.7. The van der Waals surface area contributed by atoms with Gasteiger partial charge in [-0.05, 0) is 48.5 Å². The van der Waals surface area contributed by atoms with Crippen LogP contribution in [0.25, 0.3) is 0 Å². The molecule has 0 bridgehead atoms. The van der Waals surface area contributed by atoms with Crippen LogP contribution in [0.3, 0.4) is 0 Å². The molecular weight excluding hydrogens is 520 g/mol. The molecule has 39 heavy (non-hydrogen) atoms.